The van der Waals surface area contributed by atoms with Crippen LogP contribution in [0.3, 0.4) is 0 Å². The fourth-order valence-electron chi connectivity index (χ4n) is 4.63. The van der Waals surface area contributed by atoms with Crippen LogP contribution in [-0.4, -0.2) is 63.5 Å². The molecule has 0 radical (unpaired) electrons. The van der Waals surface area contributed by atoms with Crippen molar-refractivity contribution in [2.24, 2.45) is 0 Å². The van der Waals surface area contributed by atoms with Crippen molar-refractivity contribution in [1.29, 1.82) is 0 Å². The third-order valence-corrected chi connectivity index (χ3v) is 7.78. The zero-order valence-electron chi connectivity index (χ0n) is 20.0. The van der Waals surface area contributed by atoms with Gasteiger partial charge in [0.2, 0.25) is 5.43 Å². The Kier molecular flexibility index (Phi) is 6.69. The number of rotatable bonds is 5. The lowest BCUT2D eigenvalue weighted by atomic mass is 10.1. The first-order valence-electron chi connectivity index (χ1n) is 11.9. The van der Waals surface area contributed by atoms with Crippen molar-refractivity contribution in [3.63, 3.8) is 0 Å². The Morgan fingerprint density at radius 1 is 1.16 bits per heavy atom. The molecule has 12 heteroatoms. The number of thioether (sulfide) groups is 1. The summed E-state index contributed by atoms with van der Waals surface area (Å²) < 4.78 is 16.8. The number of hydrogen-bond donors (Lipinski definition) is 4. The molecule has 4 N–H and O–H groups in total. The molecule has 2 amide bonds. The molecule has 194 valence electrons. The Balaban J connectivity index is 1.49. The number of phenols is 2. The molecular formula is C25H26FN5O5S. The molecule has 1 unspecified atom stereocenters. The second-order valence-corrected chi connectivity index (χ2v) is 9.90. The second-order valence-electron chi connectivity index (χ2n) is 8.83. The number of nitrogens with one attached hydrogen (secondary N) is 2. The number of anilines is 1. The maximum atomic E-state index is 15.1. The van der Waals surface area contributed by atoms with E-state index in [1.807, 2.05) is 11.8 Å². The summed E-state index contributed by atoms with van der Waals surface area (Å²) in [4.78, 5) is 41.1. The van der Waals surface area contributed by atoms with Gasteiger partial charge in [0.1, 0.15) is 16.8 Å². The summed E-state index contributed by atoms with van der Waals surface area (Å²) in [7, 11) is 0. The minimum absolute atomic E-state index is 0.0729. The summed E-state index contributed by atoms with van der Waals surface area (Å²) in [6, 6.07) is 6.96. The largest absolute Gasteiger partial charge is 0.504 e. The zero-order valence-corrected chi connectivity index (χ0v) is 20.8. The van der Waals surface area contributed by atoms with Gasteiger partial charge in [-0.1, -0.05) is 6.07 Å². The van der Waals surface area contributed by atoms with Crippen LogP contribution in [0, 0.1) is 5.82 Å². The highest BCUT2D eigenvalue weighted by atomic mass is 32.2. The highest BCUT2D eigenvalue weighted by Gasteiger charge is 2.35. The third kappa shape index (κ3) is 4.58. The second kappa shape index (κ2) is 9.94. The molecule has 0 spiro atoms. The third-order valence-electron chi connectivity index (χ3n) is 6.57. The molecule has 2 aromatic carbocycles. The lowest BCUT2D eigenvalue weighted by Crippen LogP contribution is -2.46. The number of hydrogen-bond acceptors (Lipinski definition) is 8. The van der Waals surface area contributed by atoms with Gasteiger partial charge < -0.3 is 25.0 Å². The van der Waals surface area contributed by atoms with Gasteiger partial charge in [-0.15, -0.1) is 11.8 Å². The number of pyridine rings is 1. The molecule has 0 aliphatic carbocycles. The highest BCUT2D eigenvalue weighted by Crippen LogP contribution is 2.40. The van der Waals surface area contributed by atoms with Gasteiger partial charge in [-0.3, -0.25) is 19.8 Å². The van der Waals surface area contributed by atoms with Gasteiger partial charge >= 0.3 is 0 Å². The van der Waals surface area contributed by atoms with Crippen molar-refractivity contribution in [2.75, 3.05) is 36.8 Å². The molecule has 3 aromatic rings. The Hall–Kier alpha value is -3.77. The Bertz CT molecular complexity index is 1460. The predicted molar refractivity (Wildman–Crippen MR) is 138 cm³/mol. The molecule has 37 heavy (non-hydrogen) atoms. The molecule has 1 atom stereocenters. The maximum Gasteiger partial charge on any atom is 0.275 e. The van der Waals surface area contributed by atoms with Gasteiger partial charge in [0, 0.05) is 44.3 Å². The van der Waals surface area contributed by atoms with Crippen molar-refractivity contribution in [3.8, 4) is 11.5 Å². The van der Waals surface area contributed by atoms with E-state index < -0.39 is 22.5 Å². The zero-order chi connectivity index (χ0) is 26.3. The van der Waals surface area contributed by atoms with Crippen LogP contribution in [0.5, 0.6) is 11.5 Å². The van der Waals surface area contributed by atoms with Gasteiger partial charge in [-0.25, -0.2) is 9.40 Å². The van der Waals surface area contributed by atoms with Gasteiger partial charge in [0.15, 0.2) is 11.5 Å². The number of aryl methyl sites for hydroxylation is 1. The smallest absolute Gasteiger partial charge is 0.275 e. The minimum Gasteiger partial charge on any atom is -0.504 e. The van der Waals surface area contributed by atoms with Crippen LogP contribution < -0.4 is 21.1 Å². The normalized spacial score (nSPS) is 18.0. The molecule has 0 saturated carbocycles. The van der Waals surface area contributed by atoms with Gasteiger partial charge in [-0.2, -0.15) is 0 Å². The molecule has 2 fully saturated rings. The average Bonchev–Trinajstić information content (AvgIpc) is 3.26. The molecule has 2 aliphatic heterocycles. The number of carbonyl (C=O) groups is 2. The van der Waals surface area contributed by atoms with Crippen molar-refractivity contribution in [2.45, 2.75) is 18.8 Å². The van der Waals surface area contributed by atoms with Crippen molar-refractivity contribution >= 4 is 40.2 Å². The molecule has 2 aliphatic rings. The predicted octanol–water partition coefficient (Wildman–Crippen LogP) is 1.90. The number of carbonyl (C=O) groups excluding carboxylic acids is 2. The van der Waals surface area contributed by atoms with Gasteiger partial charge in [0.05, 0.1) is 17.0 Å². The van der Waals surface area contributed by atoms with Gasteiger partial charge in [-0.05, 0) is 36.8 Å². The number of phenolic OH excluding ortho intramolecular Hbond substituents is 2. The van der Waals surface area contributed by atoms with Crippen LogP contribution in [0.1, 0.15) is 28.2 Å². The Morgan fingerprint density at radius 3 is 2.62 bits per heavy atom. The monoisotopic (exact) mass is 527 g/mol. The van der Waals surface area contributed by atoms with Crippen LogP contribution in [0.4, 0.5) is 10.1 Å². The van der Waals surface area contributed by atoms with E-state index in [9.17, 15) is 24.6 Å². The lowest BCUT2D eigenvalue weighted by Gasteiger charge is -2.30. The number of aromatic hydroxyl groups is 2. The summed E-state index contributed by atoms with van der Waals surface area (Å²) in [5.41, 5.74) is 3.07. The van der Waals surface area contributed by atoms with E-state index in [-0.39, 0.29) is 34.1 Å². The fourth-order valence-corrected chi connectivity index (χ4v) is 5.72. The fraction of sp³-hybridized carbons (Fsp3) is 0.320. The van der Waals surface area contributed by atoms with E-state index in [0.29, 0.717) is 36.4 Å². The number of nitrogens with zero attached hydrogens (tertiary/aromatic N) is 3. The number of hydrazine groups is 1. The van der Waals surface area contributed by atoms with Crippen LogP contribution in [0.2, 0.25) is 0 Å². The standard InChI is InChI=1S/C25H26FN5O5S/c1-2-29-12-16(23(35)15-10-17(26)19(11-18(15)29)30-7-5-27-6-8-30)24(36)28-31-22(34)13-37-25(31)14-3-4-20(32)21(33)9-14/h3-4,9-12,25,27,32-33H,2,5-8,13H2,1H3,(H,28,36). The minimum atomic E-state index is -0.801. The number of benzene rings is 2. The summed E-state index contributed by atoms with van der Waals surface area (Å²) in [5.74, 6) is -2.32. The van der Waals surface area contributed by atoms with Gasteiger partial charge in [0.25, 0.3) is 11.8 Å². The van der Waals surface area contributed by atoms with Crippen molar-refractivity contribution in [3.05, 3.63) is 63.7 Å². The molecule has 0 bridgehead atoms. The molecule has 2 saturated heterocycles. The summed E-state index contributed by atoms with van der Waals surface area (Å²) in [5, 5.41) is 23.2. The molecule has 10 nitrogen and oxygen atoms in total. The van der Waals surface area contributed by atoms with Crippen LogP contribution in [0.25, 0.3) is 10.9 Å². The maximum absolute atomic E-state index is 15.1. The van der Waals surface area contributed by atoms with E-state index in [4.69, 9.17) is 0 Å². The van der Waals surface area contributed by atoms with Crippen molar-refractivity contribution < 1.29 is 24.2 Å². The first-order valence-corrected chi connectivity index (χ1v) is 12.9. The molecule has 1 aromatic heterocycles. The molecule has 5 rings (SSSR count). The number of fused-ring (bicyclic) bond motifs is 1. The van der Waals surface area contributed by atoms with E-state index in [1.54, 1.807) is 10.6 Å². The lowest BCUT2D eigenvalue weighted by molar-refractivity contribution is -0.130. The Morgan fingerprint density at radius 2 is 1.92 bits per heavy atom. The molecular weight excluding hydrogens is 501 g/mol. The summed E-state index contributed by atoms with van der Waals surface area (Å²) in [6.07, 6.45) is 1.43. The van der Waals surface area contributed by atoms with E-state index >= 15 is 4.39 Å². The number of amides is 2. The summed E-state index contributed by atoms with van der Waals surface area (Å²) >= 11 is 1.22. The first kappa shape index (κ1) is 24.9. The SMILES string of the molecule is CCn1cc(C(=O)NN2C(=O)CSC2c2ccc(O)c(O)c2)c(=O)c2cc(F)c(N3CCNCC3)cc21. The topological polar surface area (TPSA) is 127 Å². The van der Waals surface area contributed by atoms with Crippen LogP contribution in [0.15, 0.2) is 41.3 Å². The highest BCUT2D eigenvalue weighted by molar-refractivity contribution is 8.00. The average molecular weight is 528 g/mol. The van der Waals surface area contributed by atoms with E-state index in [0.717, 1.165) is 18.1 Å². The summed E-state index contributed by atoms with van der Waals surface area (Å²) in [6.45, 7) is 5.03. The number of aromatic nitrogens is 1. The quantitative estimate of drug-likeness (QED) is 0.371. The number of halogens is 1. The molecule has 3 heterocycles. The van der Waals surface area contributed by atoms with Crippen LogP contribution in [-0.2, 0) is 11.3 Å². The number of piperazine rings is 1. The van der Waals surface area contributed by atoms with E-state index in [2.05, 4.69) is 10.7 Å². The first-order chi connectivity index (χ1) is 17.8. The van der Waals surface area contributed by atoms with Crippen LogP contribution >= 0.6 is 11.8 Å². The van der Waals surface area contributed by atoms with Crippen molar-refractivity contribution in [1.82, 2.24) is 20.3 Å². The van der Waals surface area contributed by atoms with E-state index in [1.165, 1.54) is 42.2 Å². The Labute approximate surface area is 215 Å².